The fourth-order valence-corrected chi connectivity index (χ4v) is 2.85. The van der Waals surface area contributed by atoms with E-state index in [2.05, 4.69) is 4.98 Å². The summed E-state index contributed by atoms with van der Waals surface area (Å²) in [5.41, 5.74) is 4.67. The molecule has 0 bridgehead atoms. The molecule has 158 valence electrons. The van der Waals surface area contributed by atoms with Crippen LogP contribution in [0.15, 0.2) is 33.9 Å². The molecule has 0 aliphatic carbocycles. The maximum atomic E-state index is 13.3. The van der Waals surface area contributed by atoms with Crippen LogP contribution in [-0.2, 0) is 11.3 Å². The van der Waals surface area contributed by atoms with E-state index in [1.807, 2.05) is 27.7 Å². The summed E-state index contributed by atoms with van der Waals surface area (Å²) >= 11 is 0. The molecular formula is C20H27FN4O4. The van der Waals surface area contributed by atoms with Gasteiger partial charge in [-0.3, -0.25) is 19.1 Å². The van der Waals surface area contributed by atoms with Crippen LogP contribution in [0.5, 0.6) is 5.75 Å². The number of halogens is 1. The lowest BCUT2D eigenvalue weighted by atomic mass is 10.2. The van der Waals surface area contributed by atoms with Gasteiger partial charge in [-0.1, -0.05) is 33.8 Å². The summed E-state index contributed by atoms with van der Waals surface area (Å²) in [4.78, 5) is 41.0. The van der Waals surface area contributed by atoms with Crippen molar-refractivity contribution in [1.29, 1.82) is 0 Å². The van der Waals surface area contributed by atoms with Crippen LogP contribution in [-0.4, -0.2) is 28.6 Å². The molecule has 0 fully saturated rings. The number of rotatable bonds is 8. The molecular weight excluding hydrogens is 379 g/mol. The van der Waals surface area contributed by atoms with Crippen molar-refractivity contribution in [1.82, 2.24) is 9.55 Å². The van der Waals surface area contributed by atoms with Gasteiger partial charge < -0.3 is 15.4 Å². The maximum absolute atomic E-state index is 13.3. The Morgan fingerprint density at radius 2 is 1.93 bits per heavy atom. The first-order chi connectivity index (χ1) is 13.6. The van der Waals surface area contributed by atoms with Crippen molar-refractivity contribution in [2.24, 2.45) is 11.8 Å². The highest BCUT2D eigenvalue weighted by molar-refractivity contribution is 5.96. The third-order valence-electron chi connectivity index (χ3n) is 4.04. The third-order valence-corrected chi connectivity index (χ3v) is 4.04. The molecule has 2 aromatic rings. The second-order valence-corrected chi connectivity index (χ2v) is 7.64. The summed E-state index contributed by atoms with van der Waals surface area (Å²) in [6.45, 7) is 7.63. The minimum Gasteiger partial charge on any atom is -0.484 e. The van der Waals surface area contributed by atoms with Gasteiger partial charge in [-0.25, -0.2) is 9.18 Å². The molecule has 1 aromatic carbocycles. The fourth-order valence-electron chi connectivity index (χ4n) is 2.85. The molecule has 1 heterocycles. The zero-order chi connectivity index (χ0) is 21.7. The predicted molar refractivity (Wildman–Crippen MR) is 110 cm³/mol. The molecule has 0 radical (unpaired) electrons. The van der Waals surface area contributed by atoms with Crippen LogP contribution in [0, 0.1) is 17.7 Å². The Bertz CT molecular complexity index is 981. The lowest BCUT2D eigenvalue weighted by Gasteiger charge is -2.26. The van der Waals surface area contributed by atoms with E-state index in [-0.39, 0.29) is 42.2 Å². The van der Waals surface area contributed by atoms with Crippen molar-refractivity contribution >= 4 is 17.4 Å². The monoisotopic (exact) mass is 406 g/mol. The van der Waals surface area contributed by atoms with Crippen molar-refractivity contribution < 1.29 is 13.9 Å². The fraction of sp³-hybridized carbons (Fsp3) is 0.450. The van der Waals surface area contributed by atoms with Crippen molar-refractivity contribution in [3.05, 3.63) is 50.9 Å². The van der Waals surface area contributed by atoms with Crippen LogP contribution in [0.3, 0.4) is 0 Å². The number of benzene rings is 1. The van der Waals surface area contributed by atoms with Gasteiger partial charge in [0.25, 0.3) is 11.5 Å². The van der Waals surface area contributed by atoms with Gasteiger partial charge in [0.05, 0.1) is 0 Å². The number of amides is 1. The smallest absolute Gasteiger partial charge is 0.330 e. The SMILES string of the molecule is CC(C)CN(C(=O)COc1cccc(F)c1)c1c(N)n(CC(C)C)c(=O)[nH]c1=O. The molecule has 0 atom stereocenters. The first-order valence-electron chi connectivity index (χ1n) is 9.41. The summed E-state index contributed by atoms with van der Waals surface area (Å²) in [6, 6.07) is 5.40. The number of hydrogen-bond acceptors (Lipinski definition) is 5. The number of aromatic amines is 1. The molecule has 0 aliphatic heterocycles. The van der Waals surface area contributed by atoms with Gasteiger partial charge >= 0.3 is 5.69 Å². The number of nitrogens with zero attached hydrogens (tertiary/aromatic N) is 2. The Kier molecular flexibility index (Phi) is 7.19. The molecule has 1 amide bonds. The molecule has 0 spiro atoms. The number of nitrogen functional groups attached to an aromatic ring is 1. The van der Waals surface area contributed by atoms with Crippen LogP contribution in [0.4, 0.5) is 15.9 Å². The summed E-state index contributed by atoms with van der Waals surface area (Å²) < 4.78 is 19.9. The van der Waals surface area contributed by atoms with Crippen LogP contribution in [0.1, 0.15) is 27.7 Å². The Balaban J connectivity index is 2.40. The van der Waals surface area contributed by atoms with Gasteiger partial charge in [-0.05, 0) is 24.0 Å². The van der Waals surface area contributed by atoms with E-state index < -0.39 is 29.6 Å². The van der Waals surface area contributed by atoms with E-state index in [1.54, 1.807) is 0 Å². The van der Waals surface area contributed by atoms with Gasteiger partial charge in [0.1, 0.15) is 17.4 Å². The molecule has 0 saturated heterocycles. The molecule has 8 nitrogen and oxygen atoms in total. The number of hydrogen-bond donors (Lipinski definition) is 2. The normalized spacial score (nSPS) is 11.1. The minimum absolute atomic E-state index is 0.0115. The Morgan fingerprint density at radius 3 is 2.52 bits per heavy atom. The largest absolute Gasteiger partial charge is 0.484 e. The van der Waals surface area contributed by atoms with Gasteiger partial charge in [-0.2, -0.15) is 0 Å². The second kappa shape index (κ2) is 9.40. The molecule has 2 rings (SSSR count). The lowest BCUT2D eigenvalue weighted by Crippen LogP contribution is -2.44. The lowest BCUT2D eigenvalue weighted by molar-refractivity contribution is -0.120. The van der Waals surface area contributed by atoms with E-state index in [4.69, 9.17) is 10.5 Å². The highest BCUT2D eigenvalue weighted by Gasteiger charge is 2.25. The first kappa shape index (κ1) is 22.2. The zero-order valence-electron chi connectivity index (χ0n) is 17.1. The Labute approximate surface area is 168 Å². The van der Waals surface area contributed by atoms with Gasteiger partial charge in [0, 0.05) is 19.2 Å². The average molecular weight is 406 g/mol. The predicted octanol–water partition coefficient (Wildman–Crippen LogP) is 1.98. The summed E-state index contributed by atoms with van der Waals surface area (Å²) in [7, 11) is 0. The van der Waals surface area contributed by atoms with E-state index >= 15 is 0 Å². The summed E-state index contributed by atoms with van der Waals surface area (Å²) in [5, 5.41) is 0. The Hall–Kier alpha value is -3.10. The van der Waals surface area contributed by atoms with Crippen molar-refractivity contribution in [2.75, 3.05) is 23.8 Å². The van der Waals surface area contributed by atoms with Gasteiger partial charge in [0.2, 0.25) is 0 Å². The number of carbonyl (C=O) groups is 1. The van der Waals surface area contributed by atoms with Crippen molar-refractivity contribution in [3.63, 3.8) is 0 Å². The van der Waals surface area contributed by atoms with E-state index in [0.29, 0.717) is 0 Å². The molecule has 1 aromatic heterocycles. The van der Waals surface area contributed by atoms with Crippen LogP contribution in [0.25, 0.3) is 0 Å². The number of aromatic nitrogens is 2. The van der Waals surface area contributed by atoms with Crippen LogP contribution in [0.2, 0.25) is 0 Å². The molecule has 3 N–H and O–H groups in total. The van der Waals surface area contributed by atoms with Crippen molar-refractivity contribution in [2.45, 2.75) is 34.2 Å². The van der Waals surface area contributed by atoms with Gasteiger partial charge in [0.15, 0.2) is 12.3 Å². The second-order valence-electron chi connectivity index (χ2n) is 7.64. The summed E-state index contributed by atoms with van der Waals surface area (Å²) in [6.07, 6.45) is 0. The number of H-pyrrole nitrogens is 1. The highest BCUT2D eigenvalue weighted by atomic mass is 19.1. The van der Waals surface area contributed by atoms with Gasteiger partial charge in [-0.15, -0.1) is 0 Å². The van der Waals surface area contributed by atoms with E-state index in [9.17, 15) is 18.8 Å². The third kappa shape index (κ3) is 5.69. The number of anilines is 2. The Morgan fingerprint density at radius 1 is 1.24 bits per heavy atom. The molecule has 0 saturated carbocycles. The van der Waals surface area contributed by atoms with Crippen molar-refractivity contribution in [3.8, 4) is 5.75 Å². The number of ether oxygens (including phenoxy) is 1. The number of carbonyl (C=O) groups excluding carboxylic acids is 1. The van der Waals surface area contributed by atoms with E-state index in [0.717, 1.165) is 6.07 Å². The zero-order valence-corrected chi connectivity index (χ0v) is 17.1. The maximum Gasteiger partial charge on any atom is 0.330 e. The van der Waals surface area contributed by atoms with Crippen LogP contribution >= 0.6 is 0 Å². The summed E-state index contributed by atoms with van der Waals surface area (Å²) in [5.74, 6) is -0.802. The molecule has 29 heavy (non-hydrogen) atoms. The van der Waals surface area contributed by atoms with Crippen LogP contribution < -0.4 is 26.6 Å². The first-order valence-corrected chi connectivity index (χ1v) is 9.41. The molecule has 0 unspecified atom stereocenters. The molecule has 0 aliphatic rings. The minimum atomic E-state index is -0.743. The number of nitrogens with one attached hydrogen (secondary N) is 1. The highest BCUT2D eigenvalue weighted by Crippen LogP contribution is 2.20. The quantitative estimate of drug-likeness (QED) is 0.697. The average Bonchev–Trinajstić information content (AvgIpc) is 2.62. The standard InChI is InChI=1S/C20H27FN4O4/c1-12(2)9-24(16(26)11-29-15-7-5-6-14(21)8-15)17-18(22)25(10-13(3)4)20(28)23-19(17)27/h5-8,12-13H,9-11,22H2,1-4H3,(H,23,27,28). The molecule has 9 heteroatoms. The van der Waals surface area contributed by atoms with E-state index in [1.165, 1.54) is 27.7 Å². The topological polar surface area (TPSA) is 110 Å². The number of nitrogens with two attached hydrogens (primary N) is 1.